The fourth-order valence-electron chi connectivity index (χ4n) is 1.82. The van der Waals surface area contributed by atoms with Crippen LogP contribution in [0, 0.1) is 0 Å². The van der Waals surface area contributed by atoms with E-state index >= 15 is 0 Å². The fraction of sp³-hybridized carbons (Fsp3) is 0.400. The van der Waals surface area contributed by atoms with E-state index in [-0.39, 0.29) is 7.69 Å². The van der Waals surface area contributed by atoms with Crippen molar-refractivity contribution >= 4 is 13.4 Å². The minimum atomic E-state index is 0. The first-order chi connectivity index (χ1) is 7.36. The van der Waals surface area contributed by atoms with Crippen LogP contribution in [0.15, 0.2) is 18.2 Å². The average Bonchev–Trinajstić information content (AvgIpc) is 2.93. The molecule has 0 saturated carbocycles. The molecular weight excluding hydrogens is 193 g/mol. The van der Waals surface area contributed by atoms with E-state index in [9.17, 15) is 0 Å². The lowest BCUT2D eigenvalue weighted by atomic mass is 10.3. The third kappa shape index (κ3) is 2.31. The number of benzene rings is 1. The highest BCUT2D eigenvalue weighted by atomic mass is 16.5. The molecule has 3 rings (SSSR count). The molecule has 1 aliphatic heterocycles. The Morgan fingerprint density at radius 3 is 2.33 bits per heavy atom. The Hall–Kier alpha value is -1.04. The summed E-state index contributed by atoms with van der Waals surface area (Å²) in [6.07, 6.45) is 0. The van der Waals surface area contributed by atoms with Crippen LogP contribution < -0.4 is 4.90 Å². The van der Waals surface area contributed by atoms with Gasteiger partial charge in [0.2, 0.25) is 0 Å². The zero-order valence-electron chi connectivity index (χ0n) is 8.39. The van der Waals surface area contributed by atoms with E-state index in [1.54, 1.807) is 0 Å². The van der Waals surface area contributed by atoms with Gasteiger partial charge in [0, 0.05) is 24.3 Å². The minimum absolute atomic E-state index is 0. The number of hydrogen-bond donors (Lipinski definition) is 2. The normalized spacial score (nSPS) is 16.5. The predicted molar refractivity (Wildman–Crippen MR) is 58.7 cm³/mol. The molecule has 0 atom stereocenters. The largest absolute Gasteiger partial charge is 0.482 e. The number of hydrogen-bond acceptors (Lipinski definition) is 4. The molecule has 0 aromatic carbocycles. The van der Waals surface area contributed by atoms with Crippen LogP contribution in [0.25, 0.3) is 11.1 Å². The minimum Gasteiger partial charge on any atom is -0.429 e. The molecule has 15 heavy (non-hydrogen) atoms. The molecule has 4 nitrogen and oxygen atoms in total. The second kappa shape index (κ2) is 4.66. The van der Waals surface area contributed by atoms with Gasteiger partial charge in [-0.2, -0.15) is 0 Å². The molecule has 0 bridgehead atoms. The van der Waals surface area contributed by atoms with Gasteiger partial charge in [0.15, 0.2) is 0 Å². The maximum absolute atomic E-state index is 7.00. The Kier molecular flexibility index (Phi) is 3.25. The SMILES string of the molecule is O[B]O.c1cc(N2CCOCC2)c2cc1-2. The maximum Gasteiger partial charge on any atom is 0.482 e. The number of nitrogens with zero attached hydrogens (tertiary/aromatic N) is 1. The monoisotopic (exact) mass is 206 g/mol. The first-order valence-corrected chi connectivity index (χ1v) is 4.94. The van der Waals surface area contributed by atoms with E-state index in [0.717, 1.165) is 26.3 Å². The molecule has 0 spiro atoms. The Labute approximate surface area is 89.4 Å². The van der Waals surface area contributed by atoms with Crippen molar-refractivity contribution in [3.05, 3.63) is 18.2 Å². The molecule has 0 unspecified atom stereocenters. The molecule has 1 radical (unpaired) electrons. The molecule has 2 N–H and O–H groups in total. The van der Waals surface area contributed by atoms with Gasteiger partial charge in [-0.05, 0) is 17.7 Å². The van der Waals surface area contributed by atoms with E-state index in [4.69, 9.17) is 14.8 Å². The Balaban J connectivity index is 0.000000258. The topological polar surface area (TPSA) is 52.9 Å². The highest BCUT2D eigenvalue weighted by molar-refractivity contribution is 6.13. The van der Waals surface area contributed by atoms with Crippen molar-refractivity contribution in [1.82, 2.24) is 0 Å². The van der Waals surface area contributed by atoms with Crippen molar-refractivity contribution in [2.45, 2.75) is 0 Å². The summed E-state index contributed by atoms with van der Waals surface area (Å²) in [5, 5.41) is 14.0. The van der Waals surface area contributed by atoms with Crippen molar-refractivity contribution in [2.24, 2.45) is 0 Å². The lowest BCUT2D eigenvalue weighted by molar-refractivity contribution is 0.123. The average molecular weight is 206 g/mol. The molecule has 79 valence electrons. The zero-order valence-corrected chi connectivity index (χ0v) is 8.39. The number of rotatable bonds is 1. The molecular formula is C10H13BNO3. The van der Waals surface area contributed by atoms with Gasteiger partial charge in [0.05, 0.1) is 13.2 Å². The van der Waals surface area contributed by atoms with Crippen molar-refractivity contribution in [1.29, 1.82) is 0 Å². The molecule has 1 heterocycles. The summed E-state index contributed by atoms with van der Waals surface area (Å²) in [5.41, 5.74) is 4.29. The van der Waals surface area contributed by atoms with Crippen LogP contribution in [-0.2, 0) is 4.74 Å². The third-order valence-corrected chi connectivity index (χ3v) is 2.58. The first-order valence-electron chi connectivity index (χ1n) is 4.94. The number of fused-ring (bicyclic) bond motifs is 1. The van der Waals surface area contributed by atoms with Gasteiger partial charge in [0.25, 0.3) is 0 Å². The molecule has 0 aromatic rings. The highest BCUT2D eigenvalue weighted by Gasteiger charge is 2.22. The summed E-state index contributed by atoms with van der Waals surface area (Å²) in [7, 11) is 0. The summed E-state index contributed by atoms with van der Waals surface area (Å²) >= 11 is 0. The fourth-order valence-corrected chi connectivity index (χ4v) is 1.82. The zero-order chi connectivity index (χ0) is 10.7. The smallest absolute Gasteiger partial charge is 0.429 e. The van der Waals surface area contributed by atoms with E-state index in [1.165, 1.54) is 16.8 Å². The quantitative estimate of drug-likeness (QED) is 0.645. The van der Waals surface area contributed by atoms with E-state index in [1.807, 2.05) is 0 Å². The van der Waals surface area contributed by atoms with Crippen molar-refractivity contribution in [2.75, 3.05) is 31.2 Å². The van der Waals surface area contributed by atoms with Gasteiger partial charge < -0.3 is 19.7 Å². The van der Waals surface area contributed by atoms with Crippen LogP contribution in [0.4, 0.5) is 5.69 Å². The summed E-state index contributed by atoms with van der Waals surface area (Å²) < 4.78 is 5.30. The molecule has 2 aliphatic carbocycles. The molecule has 0 amide bonds. The molecule has 5 heteroatoms. The standard InChI is InChI=1S/C10H11NO.BH2O2/c1-2-10(9-7-8(1)9)11-3-5-12-6-4-11;2-1-3/h1-2,7H,3-6H2;2-3H. The van der Waals surface area contributed by atoms with E-state index in [2.05, 4.69) is 23.1 Å². The van der Waals surface area contributed by atoms with Crippen LogP contribution in [0.1, 0.15) is 0 Å². The first kappa shape index (κ1) is 10.5. The molecule has 0 aromatic heterocycles. The van der Waals surface area contributed by atoms with Gasteiger partial charge in [0.1, 0.15) is 0 Å². The Morgan fingerprint density at radius 1 is 1.20 bits per heavy atom. The van der Waals surface area contributed by atoms with Gasteiger partial charge >= 0.3 is 7.69 Å². The number of anilines is 1. The summed E-state index contributed by atoms with van der Waals surface area (Å²) in [6.45, 7) is 3.84. The van der Waals surface area contributed by atoms with Crippen LogP contribution in [0.2, 0.25) is 0 Å². The third-order valence-electron chi connectivity index (χ3n) is 2.58. The molecule has 1 saturated heterocycles. The van der Waals surface area contributed by atoms with Gasteiger partial charge in [-0.15, -0.1) is 0 Å². The lowest BCUT2D eigenvalue weighted by Crippen LogP contribution is -2.35. The highest BCUT2D eigenvalue weighted by Crippen LogP contribution is 2.43. The maximum atomic E-state index is 7.00. The van der Waals surface area contributed by atoms with Crippen LogP contribution in [0.3, 0.4) is 0 Å². The molecule has 1 fully saturated rings. The van der Waals surface area contributed by atoms with Crippen LogP contribution in [0.5, 0.6) is 0 Å². The van der Waals surface area contributed by atoms with Gasteiger partial charge in [-0.1, -0.05) is 6.07 Å². The van der Waals surface area contributed by atoms with Crippen molar-refractivity contribution in [3.63, 3.8) is 0 Å². The second-order valence-corrected chi connectivity index (χ2v) is 3.45. The van der Waals surface area contributed by atoms with Crippen molar-refractivity contribution < 1.29 is 14.8 Å². The summed E-state index contributed by atoms with van der Waals surface area (Å²) in [6, 6.07) is 6.65. The number of ether oxygens (including phenoxy) is 1. The van der Waals surface area contributed by atoms with Gasteiger partial charge in [-0.3, -0.25) is 0 Å². The second-order valence-electron chi connectivity index (χ2n) is 3.45. The van der Waals surface area contributed by atoms with Crippen molar-refractivity contribution in [3.8, 4) is 11.1 Å². The van der Waals surface area contributed by atoms with Crippen LogP contribution in [-0.4, -0.2) is 44.0 Å². The van der Waals surface area contributed by atoms with E-state index < -0.39 is 0 Å². The summed E-state index contributed by atoms with van der Waals surface area (Å²) in [4.78, 5) is 2.41. The van der Waals surface area contributed by atoms with E-state index in [0.29, 0.717) is 0 Å². The van der Waals surface area contributed by atoms with Crippen LogP contribution >= 0.6 is 0 Å². The Morgan fingerprint density at radius 2 is 1.87 bits per heavy atom. The predicted octanol–water partition coefficient (Wildman–Crippen LogP) is 0.00880. The Bertz CT molecular complexity index is 339. The summed E-state index contributed by atoms with van der Waals surface area (Å²) in [5.74, 6) is 0. The molecule has 3 aliphatic rings. The lowest BCUT2D eigenvalue weighted by Gasteiger charge is -2.28. The van der Waals surface area contributed by atoms with Gasteiger partial charge in [-0.25, -0.2) is 0 Å². The number of morpholine rings is 1.